The van der Waals surface area contributed by atoms with E-state index in [1.165, 1.54) is 30.1 Å². The molecule has 0 spiro atoms. The number of benzene rings is 3. The minimum atomic E-state index is -4.40. The molecule has 3 aromatic carbocycles. The molecule has 0 aliphatic heterocycles. The summed E-state index contributed by atoms with van der Waals surface area (Å²) >= 11 is 1.19. The molecule has 6 nitrogen and oxygen atoms in total. The number of halogens is 3. The van der Waals surface area contributed by atoms with Gasteiger partial charge in [-0.25, -0.2) is 5.43 Å². The van der Waals surface area contributed by atoms with E-state index in [4.69, 9.17) is 0 Å². The molecular weight excluding hydrogens is 463 g/mol. The highest BCUT2D eigenvalue weighted by Gasteiger charge is 2.29. The maximum absolute atomic E-state index is 12.6. The zero-order valence-corrected chi connectivity index (χ0v) is 18.4. The number of hydrogen-bond acceptors (Lipinski definition) is 5. The Labute approximate surface area is 197 Å². The predicted molar refractivity (Wildman–Crippen MR) is 125 cm³/mol. The van der Waals surface area contributed by atoms with Gasteiger partial charge in [0.2, 0.25) is 0 Å². The van der Waals surface area contributed by atoms with Crippen molar-refractivity contribution in [2.45, 2.75) is 11.3 Å². The SMILES string of the molecule is O=C(CSc1nnc(-c2ccccc2)n1-c1ccccc1)NN=Cc1ccc(C(F)(F)F)cc1. The summed E-state index contributed by atoms with van der Waals surface area (Å²) in [7, 11) is 0. The molecule has 0 bridgehead atoms. The van der Waals surface area contributed by atoms with E-state index in [1.54, 1.807) is 0 Å². The monoisotopic (exact) mass is 481 g/mol. The Balaban J connectivity index is 1.43. The van der Waals surface area contributed by atoms with E-state index in [2.05, 4.69) is 20.7 Å². The number of para-hydroxylation sites is 1. The summed E-state index contributed by atoms with van der Waals surface area (Å²) in [5.41, 5.74) is 3.80. The molecule has 34 heavy (non-hydrogen) atoms. The quantitative estimate of drug-likeness (QED) is 0.224. The van der Waals surface area contributed by atoms with Gasteiger partial charge in [-0.15, -0.1) is 10.2 Å². The summed E-state index contributed by atoms with van der Waals surface area (Å²) in [6.07, 6.45) is -3.12. The van der Waals surface area contributed by atoms with Gasteiger partial charge < -0.3 is 0 Å². The van der Waals surface area contributed by atoms with Gasteiger partial charge in [-0.2, -0.15) is 18.3 Å². The number of carbonyl (C=O) groups excluding carboxylic acids is 1. The highest BCUT2D eigenvalue weighted by molar-refractivity contribution is 7.99. The number of nitrogens with zero attached hydrogens (tertiary/aromatic N) is 4. The Bertz CT molecular complexity index is 1270. The van der Waals surface area contributed by atoms with Gasteiger partial charge in [-0.3, -0.25) is 9.36 Å². The molecule has 0 saturated carbocycles. The number of aromatic nitrogens is 3. The Morgan fingerprint density at radius 1 is 0.941 bits per heavy atom. The fourth-order valence-corrected chi connectivity index (χ4v) is 3.79. The largest absolute Gasteiger partial charge is 0.416 e. The second-order valence-corrected chi connectivity index (χ2v) is 7.99. The van der Waals surface area contributed by atoms with Crippen LogP contribution in [0.4, 0.5) is 13.2 Å². The van der Waals surface area contributed by atoms with E-state index in [0.717, 1.165) is 23.4 Å². The zero-order chi connectivity index (χ0) is 24.0. The van der Waals surface area contributed by atoms with Crippen LogP contribution in [-0.4, -0.2) is 32.6 Å². The summed E-state index contributed by atoms with van der Waals surface area (Å²) in [6.45, 7) is 0. The number of hydrogen-bond donors (Lipinski definition) is 1. The maximum atomic E-state index is 12.6. The average molecular weight is 482 g/mol. The molecule has 4 aromatic rings. The number of hydrazone groups is 1. The van der Waals surface area contributed by atoms with E-state index in [9.17, 15) is 18.0 Å². The molecule has 1 N–H and O–H groups in total. The van der Waals surface area contributed by atoms with Crippen LogP contribution in [0.25, 0.3) is 17.1 Å². The Kier molecular flexibility index (Phi) is 7.07. The van der Waals surface area contributed by atoms with Crippen molar-refractivity contribution in [3.05, 3.63) is 96.1 Å². The van der Waals surface area contributed by atoms with Crippen LogP contribution < -0.4 is 5.43 Å². The van der Waals surface area contributed by atoms with Crippen molar-refractivity contribution in [3.63, 3.8) is 0 Å². The minimum absolute atomic E-state index is 0.0180. The lowest BCUT2D eigenvalue weighted by Gasteiger charge is -2.10. The van der Waals surface area contributed by atoms with Gasteiger partial charge in [0.1, 0.15) is 0 Å². The third-order valence-electron chi connectivity index (χ3n) is 4.65. The first-order chi connectivity index (χ1) is 16.4. The van der Waals surface area contributed by atoms with Crippen LogP contribution >= 0.6 is 11.8 Å². The molecular formula is C24H18F3N5OS. The summed E-state index contributed by atoms with van der Waals surface area (Å²) in [6, 6.07) is 23.6. The first-order valence-corrected chi connectivity index (χ1v) is 11.1. The predicted octanol–water partition coefficient (Wildman–Crippen LogP) is 5.20. The van der Waals surface area contributed by atoms with Crippen LogP contribution in [0.15, 0.2) is 95.2 Å². The standard InChI is InChI=1S/C24H18F3N5OS/c25-24(26,27)19-13-11-17(12-14-19)15-28-29-21(33)16-34-23-31-30-22(18-7-3-1-4-8-18)32(23)20-9-5-2-6-10-20/h1-15H,16H2,(H,29,33). The first-order valence-electron chi connectivity index (χ1n) is 10.1. The molecule has 0 saturated heterocycles. The Hall–Kier alpha value is -3.92. The second kappa shape index (κ2) is 10.3. The van der Waals surface area contributed by atoms with E-state index < -0.39 is 17.6 Å². The highest BCUT2D eigenvalue weighted by atomic mass is 32.2. The molecule has 0 aliphatic carbocycles. The van der Waals surface area contributed by atoms with Gasteiger partial charge in [-0.1, -0.05) is 72.4 Å². The van der Waals surface area contributed by atoms with Gasteiger partial charge in [0.25, 0.3) is 5.91 Å². The number of carbonyl (C=O) groups is 1. The van der Waals surface area contributed by atoms with Crippen molar-refractivity contribution in [1.82, 2.24) is 20.2 Å². The molecule has 0 unspecified atom stereocenters. The highest BCUT2D eigenvalue weighted by Crippen LogP contribution is 2.29. The first kappa shape index (κ1) is 23.2. The van der Waals surface area contributed by atoms with Gasteiger partial charge in [-0.05, 0) is 29.8 Å². The van der Waals surface area contributed by atoms with Gasteiger partial charge in [0.15, 0.2) is 11.0 Å². The second-order valence-electron chi connectivity index (χ2n) is 7.04. The van der Waals surface area contributed by atoms with E-state index >= 15 is 0 Å². The topological polar surface area (TPSA) is 72.2 Å². The summed E-state index contributed by atoms with van der Waals surface area (Å²) in [5.74, 6) is 0.275. The smallest absolute Gasteiger partial charge is 0.272 e. The molecule has 10 heteroatoms. The molecule has 4 rings (SSSR count). The number of thioether (sulfide) groups is 1. The van der Waals surface area contributed by atoms with Crippen LogP contribution in [0.5, 0.6) is 0 Å². The van der Waals surface area contributed by atoms with Crippen LogP contribution in [-0.2, 0) is 11.0 Å². The Morgan fingerprint density at radius 3 is 2.24 bits per heavy atom. The molecule has 1 aromatic heterocycles. The fraction of sp³-hybridized carbons (Fsp3) is 0.0833. The Morgan fingerprint density at radius 2 is 1.59 bits per heavy atom. The number of nitrogens with one attached hydrogen (secondary N) is 1. The lowest BCUT2D eigenvalue weighted by Crippen LogP contribution is -2.20. The lowest BCUT2D eigenvalue weighted by atomic mass is 10.1. The van der Waals surface area contributed by atoms with Gasteiger partial charge in [0.05, 0.1) is 17.5 Å². The maximum Gasteiger partial charge on any atom is 0.416 e. The van der Waals surface area contributed by atoms with Crippen LogP contribution in [0.2, 0.25) is 0 Å². The van der Waals surface area contributed by atoms with E-state index in [1.807, 2.05) is 65.2 Å². The van der Waals surface area contributed by atoms with E-state index in [-0.39, 0.29) is 5.75 Å². The van der Waals surface area contributed by atoms with Crippen molar-refractivity contribution in [1.29, 1.82) is 0 Å². The molecule has 172 valence electrons. The van der Waals surface area contributed by atoms with Crippen molar-refractivity contribution in [2.75, 3.05) is 5.75 Å². The van der Waals surface area contributed by atoms with Crippen molar-refractivity contribution < 1.29 is 18.0 Å². The fourth-order valence-electron chi connectivity index (χ4n) is 3.05. The molecule has 0 atom stereocenters. The zero-order valence-electron chi connectivity index (χ0n) is 17.6. The third-order valence-corrected chi connectivity index (χ3v) is 5.58. The van der Waals surface area contributed by atoms with Crippen LogP contribution in [0.3, 0.4) is 0 Å². The molecule has 1 amide bonds. The molecule has 0 fully saturated rings. The van der Waals surface area contributed by atoms with Crippen molar-refractivity contribution in [2.24, 2.45) is 5.10 Å². The van der Waals surface area contributed by atoms with Crippen LogP contribution in [0.1, 0.15) is 11.1 Å². The normalized spacial score (nSPS) is 11.6. The van der Waals surface area contributed by atoms with E-state index in [0.29, 0.717) is 16.5 Å². The summed E-state index contributed by atoms with van der Waals surface area (Å²) in [4.78, 5) is 12.3. The summed E-state index contributed by atoms with van der Waals surface area (Å²) in [5, 5.41) is 12.9. The minimum Gasteiger partial charge on any atom is -0.272 e. The molecule has 1 heterocycles. The van der Waals surface area contributed by atoms with Gasteiger partial charge >= 0.3 is 6.18 Å². The lowest BCUT2D eigenvalue weighted by molar-refractivity contribution is -0.137. The average Bonchev–Trinajstić information content (AvgIpc) is 3.28. The summed E-state index contributed by atoms with van der Waals surface area (Å²) < 4.78 is 39.8. The van der Waals surface area contributed by atoms with Gasteiger partial charge in [0, 0.05) is 11.3 Å². The molecule has 0 aliphatic rings. The molecule has 0 radical (unpaired) electrons. The van der Waals surface area contributed by atoms with Crippen molar-refractivity contribution in [3.8, 4) is 17.1 Å². The van der Waals surface area contributed by atoms with Crippen molar-refractivity contribution >= 4 is 23.9 Å². The number of amides is 1. The number of alkyl halides is 3. The third kappa shape index (κ3) is 5.70. The number of rotatable bonds is 7. The van der Waals surface area contributed by atoms with Crippen LogP contribution in [0, 0.1) is 0 Å².